The second-order valence-corrected chi connectivity index (χ2v) is 8.84. The molecule has 1 N–H and O–H groups in total. The first kappa shape index (κ1) is 16.7. The minimum Gasteiger partial charge on any atom is -0.455 e. The van der Waals surface area contributed by atoms with E-state index in [2.05, 4.69) is 53.8 Å². The van der Waals surface area contributed by atoms with Gasteiger partial charge < -0.3 is 9.73 Å². The van der Waals surface area contributed by atoms with Gasteiger partial charge in [-0.25, -0.2) is 0 Å². The van der Waals surface area contributed by atoms with Crippen molar-refractivity contribution in [3.63, 3.8) is 0 Å². The summed E-state index contributed by atoms with van der Waals surface area (Å²) in [6, 6.07) is 35.8. The Morgan fingerprint density at radius 1 is 0.556 bits per heavy atom. The Hall–Kier alpha value is -4.82. The smallest absolute Gasteiger partial charge is 0.143 e. The Morgan fingerprint density at radius 2 is 1.28 bits per heavy atom. The van der Waals surface area contributed by atoms with E-state index < -0.39 is 0 Å². The van der Waals surface area contributed by atoms with Crippen LogP contribution in [0.5, 0.6) is 0 Å². The molecule has 0 saturated heterocycles. The molecule has 0 spiro atoms. The van der Waals surface area contributed by atoms with Crippen molar-refractivity contribution in [2.45, 2.75) is 0 Å². The predicted octanol–water partition coefficient (Wildman–Crippen LogP) is 9.82. The van der Waals surface area contributed by atoms with Crippen LogP contribution < -0.4 is 5.32 Å². The molecule has 7 aromatic rings. The SMILES string of the molecule is [2H]c1c([2H])c([2H])c2c(oc3c(-c4ccc5ccccc5c4)cc(Nc4ccc(-c5ccccc5)cc4)cc32)c1[2H]. The molecule has 7 rings (SSSR count). The highest BCUT2D eigenvalue weighted by molar-refractivity contribution is 6.11. The Morgan fingerprint density at radius 3 is 2.14 bits per heavy atom. The van der Waals surface area contributed by atoms with E-state index in [-0.39, 0.29) is 29.8 Å². The number of furan rings is 1. The number of benzene rings is 6. The lowest BCUT2D eigenvalue weighted by atomic mass is 9.98. The maximum Gasteiger partial charge on any atom is 0.143 e. The molecule has 1 heterocycles. The third kappa shape index (κ3) is 3.60. The molecule has 0 unspecified atom stereocenters. The van der Waals surface area contributed by atoms with Gasteiger partial charge in [-0.05, 0) is 63.8 Å². The highest BCUT2D eigenvalue weighted by atomic mass is 16.3. The van der Waals surface area contributed by atoms with Crippen LogP contribution in [0.4, 0.5) is 11.4 Å². The van der Waals surface area contributed by atoms with E-state index in [1.54, 1.807) is 0 Å². The van der Waals surface area contributed by atoms with Crippen LogP contribution in [0.2, 0.25) is 0 Å². The van der Waals surface area contributed by atoms with Gasteiger partial charge in [-0.2, -0.15) is 0 Å². The molecule has 36 heavy (non-hydrogen) atoms. The van der Waals surface area contributed by atoms with Crippen LogP contribution in [0.3, 0.4) is 0 Å². The van der Waals surface area contributed by atoms with Crippen LogP contribution in [-0.2, 0) is 0 Å². The average molecular weight is 466 g/mol. The zero-order valence-electron chi connectivity index (χ0n) is 23.3. The quantitative estimate of drug-likeness (QED) is 0.280. The lowest BCUT2D eigenvalue weighted by molar-refractivity contribution is 0.670. The van der Waals surface area contributed by atoms with E-state index in [4.69, 9.17) is 9.90 Å². The van der Waals surface area contributed by atoms with Gasteiger partial charge in [-0.1, -0.05) is 97.0 Å². The molecule has 0 bridgehead atoms. The maximum atomic E-state index is 8.63. The third-order valence-electron chi connectivity index (χ3n) is 6.56. The molecule has 2 heteroatoms. The fourth-order valence-corrected chi connectivity index (χ4v) is 4.78. The minimum atomic E-state index is -0.305. The molecule has 0 fully saturated rings. The number of hydrogen-bond acceptors (Lipinski definition) is 2. The van der Waals surface area contributed by atoms with Gasteiger partial charge in [0.2, 0.25) is 0 Å². The van der Waals surface area contributed by atoms with Crippen LogP contribution in [0.1, 0.15) is 5.48 Å². The van der Waals surface area contributed by atoms with Gasteiger partial charge in [0.1, 0.15) is 11.2 Å². The number of nitrogens with one attached hydrogen (secondary N) is 1. The predicted molar refractivity (Wildman–Crippen MR) is 152 cm³/mol. The second-order valence-electron chi connectivity index (χ2n) is 8.84. The summed E-state index contributed by atoms with van der Waals surface area (Å²) < 4.78 is 39.7. The molecule has 1 aromatic heterocycles. The fourth-order valence-electron chi connectivity index (χ4n) is 4.78. The Labute approximate surface area is 215 Å². The van der Waals surface area contributed by atoms with Crippen molar-refractivity contribution in [3.8, 4) is 22.3 Å². The highest BCUT2D eigenvalue weighted by Crippen LogP contribution is 2.39. The monoisotopic (exact) mass is 465 g/mol. The molecule has 0 atom stereocenters. The van der Waals surface area contributed by atoms with E-state index in [0.29, 0.717) is 16.4 Å². The van der Waals surface area contributed by atoms with Crippen LogP contribution in [-0.4, -0.2) is 0 Å². The number of anilines is 2. The van der Waals surface area contributed by atoms with Gasteiger partial charge >= 0.3 is 0 Å². The molecule has 2 nitrogen and oxygen atoms in total. The summed E-state index contributed by atoms with van der Waals surface area (Å²) in [5, 5.41) is 6.73. The summed E-state index contributed by atoms with van der Waals surface area (Å²) in [4.78, 5) is 0. The second kappa shape index (κ2) is 8.44. The normalized spacial score (nSPS) is 12.9. The van der Waals surface area contributed by atoms with Gasteiger partial charge in [0.05, 0.1) is 5.48 Å². The molecule has 0 aliphatic carbocycles. The van der Waals surface area contributed by atoms with Crippen molar-refractivity contribution in [1.29, 1.82) is 0 Å². The van der Waals surface area contributed by atoms with Crippen molar-refractivity contribution < 1.29 is 9.90 Å². The summed E-state index contributed by atoms with van der Waals surface area (Å²) >= 11 is 0. The standard InChI is InChI=1S/C34H23NO/c1-2-8-23(9-3-1)25-16-18-28(19-17-25)35-29-21-31(27-15-14-24-10-4-5-11-26(24)20-27)34-32(22-29)30-12-6-7-13-33(30)36-34/h1-22,35H/i6D,7D,12D,13D. The molecule has 0 saturated carbocycles. The van der Waals surface area contributed by atoms with Gasteiger partial charge in [0.15, 0.2) is 0 Å². The van der Waals surface area contributed by atoms with Crippen LogP contribution in [0, 0.1) is 0 Å². The number of hydrogen-bond donors (Lipinski definition) is 1. The van der Waals surface area contributed by atoms with Gasteiger partial charge in [0.25, 0.3) is 0 Å². The van der Waals surface area contributed by atoms with E-state index in [9.17, 15) is 0 Å². The molecule has 6 aromatic carbocycles. The zero-order valence-corrected chi connectivity index (χ0v) is 19.3. The number of fused-ring (bicyclic) bond motifs is 4. The highest BCUT2D eigenvalue weighted by Gasteiger charge is 2.15. The fraction of sp³-hybridized carbons (Fsp3) is 0. The summed E-state index contributed by atoms with van der Waals surface area (Å²) in [6.07, 6.45) is 0. The van der Waals surface area contributed by atoms with Crippen molar-refractivity contribution in [2.75, 3.05) is 5.32 Å². The maximum absolute atomic E-state index is 8.63. The van der Waals surface area contributed by atoms with Crippen molar-refractivity contribution in [1.82, 2.24) is 0 Å². The minimum absolute atomic E-state index is 0.108. The van der Waals surface area contributed by atoms with Gasteiger partial charge in [0, 0.05) is 27.7 Å². The largest absolute Gasteiger partial charge is 0.455 e. The van der Waals surface area contributed by atoms with Crippen molar-refractivity contribution in [2.24, 2.45) is 0 Å². The van der Waals surface area contributed by atoms with Crippen molar-refractivity contribution in [3.05, 3.63) is 133 Å². The van der Waals surface area contributed by atoms with E-state index >= 15 is 0 Å². The lowest BCUT2D eigenvalue weighted by Crippen LogP contribution is -1.92. The van der Waals surface area contributed by atoms with Crippen LogP contribution >= 0.6 is 0 Å². The topological polar surface area (TPSA) is 25.2 Å². The molecule has 0 radical (unpaired) electrons. The third-order valence-corrected chi connectivity index (χ3v) is 6.56. The lowest BCUT2D eigenvalue weighted by Gasteiger charge is -2.12. The number of para-hydroxylation sites is 1. The summed E-state index contributed by atoms with van der Waals surface area (Å²) in [5.41, 5.74) is 6.38. The summed E-state index contributed by atoms with van der Waals surface area (Å²) in [7, 11) is 0. The van der Waals surface area contributed by atoms with Crippen molar-refractivity contribution >= 4 is 44.1 Å². The molecule has 0 aliphatic heterocycles. The first-order chi connectivity index (χ1) is 19.5. The summed E-state index contributed by atoms with van der Waals surface area (Å²) in [6.45, 7) is 0. The molecular formula is C34H23NO. The number of rotatable bonds is 4. The Kier molecular flexibility index (Phi) is 3.93. The first-order valence-electron chi connectivity index (χ1n) is 13.9. The van der Waals surface area contributed by atoms with Gasteiger partial charge in [-0.15, -0.1) is 0 Å². The molecular weight excluding hydrogens is 438 g/mol. The van der Waals surface area contributed by atoms with Crippen LogP contribution in [0.15, 0.2) is 138 Å². The molecule has 0 amide bonds. The molecule has 170 valence electrons. The van der Waals surface area contributed by atoms with E-state index in [0.717, 1.165) is 44.4 Å². The molecule has 0 aliphatic rings. The van der Waals surface area contributed by atoms with Crippen LogP contribution in [0.25, 0.3) is 55.0 Å². The Balaban J connectivity index is 1.42. The first-order valence-corrected chi connectivity index (χ1v) is 11.9. The van der Waals surface area contributed by atoms with Gasteiger partial charge in [-0.3, -0.25) is 0 Å². The van der Waals surface area contributed by atoms with E-state index in [1.165, 1.54) is 0 Å². The van der Waals surface area contributed by atoms with E-state index in [1.807, 2.05) is 60.7 Å². The average Bonchev–Trinajstić information content (AvgIpc) is 3.39. The summed E-state index contributed by atoms with van der Waals surface area (Å²) in [5.74, 6) is 0. The Bertz CT molecular complexity index is 2070. The zero-order chi connectivity index (χ0) is 27.4.